The van der Waals surface area contributed by atoms with Gasteiger partial charge in [-0.2, -0.15) is 0 Å². The number of hydrogen-bond acceptors (Lipinski definition) is 4. The van der Waals surface area contributed by atoms with E-state index in [0.717, 1.165) is 0 Å². The van der Waals surface area contributed by atoms with Crippen molar-refractivity contribution < 1.29 is 18.3 Å². The first-order chi connectivity index (χ1) is 11.7. The number of sulfonamides is 1. The highest BCUT2D eigenvalue weighted by molar-refractivity contribution is 7.89. The highest BCUT2D eigenvalue weighted by Crippen LogP contribution is 2.26. The summed E-state index contributed by atoms with van der Waals surface area (Å²) in [6.45, 7) is 0. The smallest absolute Gasteiger partial charge is 0.328 e. The Kier molecular flexibility index (Phi) is 4.46. The number of nitrogens with zero attached hydrogens (tertiary/aromatic N) is 2. The molecule has 0 bridgehead atoms. The minimum atomic E-state index is -3.73. The Morgan fingerprint density at radius 3 is 2.32 bits per heavy atom. The van der Waals surface area contributed by atoms with Crippen molar-refractivity contribution in [3.05, 3.63) is 28.7 Å². The number of carbonyl (C=O) groups is 1. The first kappa shape index (κ1) is 17.7. The second kappa shape index (κ2) is 6.30. The van der Waals surface area contributed by atoms with Crippen molar-refractivity contribution in [2.24, 2.45) is 20.0 Å². The topological polar surface area (TPSA) is 110 Å². The zero-order chi connectivity index (χ0) is 18.4. The van der Waals surface area contributed by atoms with Crippen LogP contribution in [0.2, 0.25) is 0 Å². The van der Waals surface area contributed by atoms with E-state index in [4.69, 9.17) is 5.11 Å². The third kappa shape index (κ3) is 3.21. The molecule has 25 heavy (non-hydrogen) atoms. The van der Waals surface area contributed by atoms with Crippen LogP contribution in [0.25, 0.3) is 11.0 Å². The minimum absolute atomic E-state index is 0.0987. The molecule has 0 radical (unpaired) electrons. The van der Waals surface area contributed by atoms with Crippen LogP contribution in [0.3, 0.4) is 0 Å². The number of aromatic nitrogens is 2. The van der Waals surface area contributed by atoms with E-state index < -0.39 is 21.9 Å². The predicted molar refractivity (Wildman–Crippen MR) is 91.9 cm³/mol. The van der Waals surface area contributed by atoms with Crippen LogP contribution in [-0.2, 0) is 28.9 Å². The zero-order valence-corrected chi connectivity index (χ0v) is 14.9. The number of carboxylic acids is 1. The molecule has 0 atom stereocenters. The van der Waals surface area contributed by atoms with E-state index in [-0.39, 0.29) is 16.6 Å². The van der Waals surface area contributed by atoms with E-state index >= 15 is 0 Å². The Morgan fingerprint density at radius 1 is 1.12 bits per heavy atom. The second-order valence-corrected chi connectivity index (χ2v) is 8.27. The van der Waals surface area contributed by atoms with Gasteiger partial charge in [-0.25, -0.2) is 17.9 Å². The lowest BCUT2D eigenvalue weighted by Crippen LogP contribution is -2.38. The van der Waals surface area contributed by atoms with Crippen molar-refractivity contribution in [3.8, 4) is 0 Å². The first-order valence-electron chi connectivity index (χ1n) is 8.11. The van der Waals surface area contributed by atoms with E-state index in [1.54, 1.807) is 20.2 Å². The van der Waals surface area contributed by atoms with E-state index in [0.29, 0.717) is 36.7 Å². The molecule has 1 aromatic carbocycles. The molecule has 1 fully saturated rings. The van der Waals surface area contributed by atoms with Gasteiger partial charge >= 0.3 is 11.7 Å². The predicted octanol–water partition coefficient (Wildman–Crippen LogP) is 0.799. The molecule has 3 rings (SSSR count). The van der Waals surface area contributed by atoms with Crippen molar-refractivity contribution >= 4 is 27.0 Å². The van der Waals surface area contributed by atoms with Crippen LogP contribution in [-0.4, -0.2) is 34.7 Å². The fourth-order valence-corrected chi connectivity index (χ4v) is 4.72. The van der Waals surface area contributed by atoms with Crippen LogP contribution < -0.4 is 10.4 Å². The summed E-state index contributed by atoms with van der Waals surface area (Å²) >= 11 is 0. The average molecular weight is 367 g/mol. The van der Waals surface area contributed by atoms with Crippen LogP contribution in [0.4, 0.5) is 0 Å². The number of hydrogen-bond donors (Lipinski definition) is 2. The lowest BCUT2D eigenvalue weighted by molar-refractivity contribution is -0.142. The molecule has 1 aliphatic rings. The maximum atomic E-state index is 12.6. The van der Waals surface area contributed by atoms with Gasteiger partial charge in [-0.1, -0.05) is 0 Å². The molecular weight excluding hydrogens is 346 g/mol. The fraction of sp³-hybridized carbons (Fsp3) is 0.500. The van der Waals surface area contributed by atoms with Gasteiger partial charge in [0.1, 0.15) is 0 Å². The molecule has 1 aromatic heterocycles. The van der Waals surface area contributed by atoms with Gasteiger partial charge < -0.3 is 5.11 Å². The molecule has 0 spiro atoms. The summed E-state index contributed by atoms with van der Waals surface area (Å²) in [5.74, 6) is -1.22. The van der Waals surface area contributed by atoms with Gasteiger partial charge in [-0.05, 0) is 43.9 Å². The number of benzene rings is 1. The summed E-state index contributed by atoms with van der Waals surface area (Å²) in [6.07, 6.45) is 1.94. The number of nitrogens with one attached hydrogen (secondary N) is 1. The molecule has 1 heterocycles. The van der Waals surface area contributed by atoms with Gasteiger partial charge in [0.25, 0.3) is 0 Å². The van der Waals surface area contributed by atoms with Gasteiger partial charge in [0, 0.05) is 20.1 Å². The van der Waals surface area contributed by atoms with Crippen LogP contribution in [0, 0.1) is 5.92 Å². The maximum absolute atomic E-state index is 12.6. The molecule has 136 valence electrons. The van der Waals surface area contributed by atoms with Crippen LogP contribution in [0.15, 0.2) is 27.9 Å². The van der Waals surface area contributed by atoms with Crippen LogP contribution in [0.1, 0.15) is 25.7 Å². The Balaban J connectivity index is 1.83. The lowest BCUT2D eigenvalue weighted by Gasteiger charge is -2.26. The Bertz CT molecular complexity index is 981. The number of imidazole rings is 1. The van der Waals surface area contributed by atoms with Crippen molar-refractivity contribution in [3.63, 3.8) is 0 Å². The fourth-order valence-electron chi connectivity index (χ4n) is 3.40. The Morgan fingerprint density at radius 2 is 1.72 bits per heavy atom. The summed E-state index contributed by atoms with van der Waals surface area (Å²) in [5.41, 5.74) is 0.989. The third-order valence-electron chi connectivity index (χ3n) is 4.95. The Hall–Kier alpha value is -2.13. The van der Waals surface area contributed by atoms with Gasteiger partial charge in [0.05, 0.1) is 21.8 Å². The highest BCUT2D eigenvalue weighted by Gasteiger charge is 2.29. The first-order valence-corrected chi connectivity index (χ1v) is 9.59. The SMILES string of the molecule is Cn1c(=O)n(C)c2cc(S(=O)(=O)NC3CCC(C(=O)O)CC3)ccc21. The van der Waals surface area contributed by atoms with Gasteiger partial charge in [-0.15, -0.1) is 0 Å². The Labute approximate surface area is 145 Å². The van der Waals surface area contributed by atoms with Crippen molar-refractivity contribution in [1.82, 2.24) is 13.9 Å². The number of rotatable bonds is 4. The van der Waals surface area contributed by atoms with Gasteiger partial charge in [0.15, 0.2) is 0 Å². The molecule has 9 heteroatoms. The summed E-state index contributed by atoms with van der Waals surface area (Å²) in [7, 11) is -0.496. The van der Waals surface area contributed by atoms with E-state index in [1.807, 2.05) is 0 Å². The number of aliphatic carboxylic acids is 1. The van der Waals surface area contributed by atoms with Crippen molar-refractivity contribution in [2.75, 3.05) is 0 Å². The van der Waals surface area contributed by atoms with E-state index in [9.17, 15) is 18.0 Å². The monoisotopic (exact) mass is 367 g/mol. The van der Waals surface area contributed by atoms with Crippen LogP contribution in [0.5, 0.6) is 0 Å². The molecule has 0 unspecified atom stereocenters. The van der Waals surface area contributed by atoms with Crippen molar-refractivity contribution in [2.45, 2.75) is 36.6 Å². The zero-order valence-electron chi connectivity index (χ0n) is 14.1. The maximum Gasteiger partial charge on any atom is 0.328 e. The van der Waals surface area contributed by atoms with E-state index in [1.165, 1.54) is 21.3 Å². The molecule has 0 amide bonds. The van der Waals surface area contributed by atoms with Gasteiger partial charge in [-0.3, -0.25) is 13.9 Å². The quantitative estimate of drug-likeness (QED) is 0.830. The van der Waals surface area contributed by atoms with Crippen LogP contribution >= 0.6 is 0 Å². The molecule has 1 saturated carbocycles. The van der Waals surface area contributed by atoms with E-state index in [2.05, 4.69) is 4.72 Å². The normalized spacial score (nSPS) is 21.5. The summed E-state index contributed by atoms with van der Waals surface area (Å²) in [6, 6.07) is 4.32. The molecule has 2 N–H and O–H groups in total. The molecule has 0 aliphatic heterocycles. The minimum Gasteiger partial charge on any atom is -0.481 e. The molecule has 1 aliphatic carbocycles. The molecule has 0 saturated heterocycles. The largest absolute Gasteiger partial charge is 0.481 e. The summed E-state index contributed by atoms with van der Waals surface area (Å²) < 4.78 is 30.8. The molecule has 8 nitrogen and oxygen atoms in total. The second-order valence-electron chi connectivity index (χ2n) is 6.56. The number of carboxylic acid groups (broad SMARTS) is 1. The van der Waals surface area contributed by atoms with Gasteiger partial charge in [0.2, 0.25) is 10.0 Å². The third-order valence-corrected chi connectivity index (χ3v) is 6.47. The standard InChI is InChI=1S/C16H21N3O5S/c1-18-13-8-7-12(9-14(13)19(2)16(18)22)25(23,24)17-11-5-3-10(4-6-11)15(20)21/h7-11,17H,3-6H2,1-2H3,(H,20,21). The number of fused-ring (bicyclic) bond motifs is 1. The average Bonchev–Trinajstić information content (AvgIpc) is 2.79. The van der Waals surface area contributed by atoms with Crippen molar-refractivity contribution in [1.29, 1.82) is 0 Å². The summed E-state index contributed by atoms with van der Waals surface area (Å²) in [5, 5.41) is 9.02. The summed E-state index contributed by atoms with van der Waals surface area (Å²) in [4.78, 5) is 23.0. The molecule has 2 aromatic rings. The lowest BCUT2D eigenvalue weighted by atomic mass is 9.87. The number of aryl methyl sites for hydroxylation is 2. The molecular formula is C16H21N3O5S. The highest BCUT2D eigenvalue weighted by atomic mass is 32.2.